The standard InChI is InChI=1S/C20H24N6/c1-14-5-2-3-6-15(14)13-25-9-11-26(12-10-25)17-8-4-7-16-18(17)19(21)24-20(22)23-16/h2-8H,9-13H2,1H3,(H4,21,22,23,24). The Labute approximate surface area is 153 Å². The second kappa shape index (κ2) is 6.80. The molecule has 0 atom stereocenters. The van der Waals surface area contributed by atoms with E-state index < -0.39 is 0 Å². The SMILES string of the molecule is Cc1ccccc1CN1CCN(c2cccc3nc(N)nc(N)c23)CC1. The van der Waals surface area contributed by atoms with Crippen LogP contribution in [0.2, 0.25) is 0 Å². The van der Waals surface area contributed by atoms with E-state index in [1.807, 2.05) is 12.1 Å². The molecule has 1 fully saturated rings. The van der Waals surface area contributed by atoms with Gasteiger partial charge in [0, 0.05) is 38.4 Å². The Bertz CT molecular complexity index is 931. The smallest absolute Gasteiger partial charge is 0.222 e. The third-order valence-electron chi connectivity index (χ3n) is 5.11. The zero-order valence-electron chi connectivity index (χ0n) is 15.0. The lowest BCUT2D eigenvalue weighted by Gasteiger charge is -2.36. The summed E-state index contributed by atoms with van der Waals surface area (Å²) in [6.07, 6.45) is 0. The highest BCUT2D eigenvalue weighted by molar-refractivity contribution is 5.99. The summed E-state index contributed by atoms with van der Waals surface area (Å²) in [7, 11) is 0. The van der Waals surface area contributed by atoms with Crippen molar-refractivity contribution in [2.45, 2.75) is 13.5 Å². The zero-order chi connectivity index (χ0) is 18.1. The summed E-state index contributed by atoms with van der Waals surface area (Å²) in [5, 5.41) is 0.897. The Balaban J connectivity index is 1.52. The molecule has 0 spiro atoms. The van der Waals surface area contributed by atoms with Gasteiger partial charge in [-0.05, 0) is 30.2 Å². The highest BCUT2D eigenvalue weighted by Gasteiger charge is 2.20. The number of fused-ring (bicyclic) bond motifs is 1. The number of hydrogen-bond acceptors (Lipinski definition) is 6. The van der Waals surface area contributed by atoms with Crippen molar-refractivity contribution in [3.8, 4) is 0 Å². The van der Waals surface area contributed by atoms with Crippen LogP contribution < -0.4 is 16.4 Å². The van der Waals surface area contributed by atoms with Crippen molar-refractivity contribution < 1.29 is 0 Å². The van der Waals surface area contributed by atoms with Gasteiger partial charge in [0.05, 0.1) is 10.9 Å². The molecule has 0 unspecified atom stereocenters. The molecule has 4 rings (SSSR count). The first-order chi connectivity index (χ1) is 12.6. The monoisotopic (exact) mass is 348 g/mol. The Hall–Kier alpha value is -2.86. The van der Waals surface area contributed by atoms with Gasteiger partial charge in [0.1, 0.15) is 5.82 Å². The van der Waals surface area contributed by atoms with E-state index in [4.69, 9.17) is 11.5 Å². The lowest BCUT2D eigenvalue weighted by atomic mass is 10.1. The molecule has 0 bridgehead atoms. The summed E-state index contributed by atoms with van der Waals surface area (Å²) >= 11 is 0. The highest BCUT2D eigenvalue weighted by Crippen LogP contribution is 2.31. The Kier molecular flexibility index (Phi) is 4.34. The van der Waals surface area contributed by atoms with Crippen molar-refractivity contribution in [3.63, 3.8) is 0 Å². The number of aromatic nitrogens is 2. The maximum atomic E-state index is 6.14. The fourth-order valence-corrected chi connectivity index (χ4v) is 3.65. The van der Waals surface area contributed by atoms with Gasteiger partial charge in [-0.1, -0.05) is 30.3 Å². The topological polar surface area (TPSA) is 84.3 Å². The molecular weight excluding hydrogens is 324 g/mol. The lowest BCUT2D eigenvalue weighted by molar-refractivity contribution is 0.249. The third kappa shape index (κ3) is 3.15. The maximum absolute atomic E-state index is 6.14. The molecule has 0 aliphatic carbocycles. The molecule has 0 amide bonds. The number of rotatable bonds is 3. The molecule has 4 N–H and O–H groups in total. The average molecular weight is 348 g/mol. The molecule has 6 nitrogen and oxygen atoms in total. The number of hydrogen-bond donors (Lipinski definition) is 2. The summed E-state index contributed by atoms with van der Waals surface area (Å²) in [6, 6.07) is 14.6. The van der Waals surface area contributed by atoms with E-state index in [0.29, 0.717) is 5.82 Å². The largest absolute Gasteiger partial charge is 0.383 e. The number of nitrogens with two attached hydrogens (primary N) is 2. The van der Waals surface area contributed by atoms with Gasteiger partial charge in [-0.15, -0.1) is 0 Å². The van der Waals surface area contributed by atoms with Crippen LogP contribution in [0.15, 0.2) is 42.5 Å². The van der Waals surface area contributed by atoms with E-state index in [-0.39, 0.29) is 5.95 Å². The number of nitrogen functional groups attached to an aromatic ring is 2. The molecule has 1 aliphatic heterocycles. The van der Waals surface area contributed by atoms with Gasteiger partial charge in [0.25, 0.3) is 0 Å². The first-order valence-electron chi connectivity index (χ1n) is 8.95. The van der Waals surface area contributed by atoms with Crippen LogP contribution in [0.25, 0.3) is 10.9 Å². The lowest BCUT2D eigenvalue weighted by Crippen LogP contribution is -2.46. The molecule has 26 heavy (non-hydrogen) atoms. The molecule has 1 aromatic heterocycles. The first-order valence-corrected chi connectivity index (χ1v) is 8.95. The van der Waals surface area contributed by atoms with Gasteiger partial charge in [0.15, 0.2) is 0 Å². The van der Waals surface area contributed by atoms with Crippen LogP contribution in [-0.2, 0) is 6.54 Å². The Morgan fingerprint density at radius 1 is 0.923 bits per heavy atom. The van der Waals surface area contributed by atoms with Crippen LogP contribution in [0.1, 0.15) is 11.1 Å². The van der Waals surface area contributed by atoms with E-state index in [0.717, 1.165) is 49.3 Å². The van der Waals surface area contributed by atoms with E-state index >= 15 is 0 Å². The second-order valence-electron chi connectivity index (χ2n) is 6.83. The Morgan fingerprint density at radius 2 is 1.69 bits per heavy atom. The van der Waals surface area contributed by atoms with E-state index in [1.54, 1.807) is 0 Å². The van der Waals surface area contributed by atoms with E-state index in [1.165, 1.54) is 11.1 Å². The third-order valence-corrected chi connectivity index (χ3v) is 5.11. The molecule has 3 aromatic rings. The minimum atomic E-state index is 0.218. The van der Waals surface area contributed by atoms with Gasteiger partial charge in [-0.3, -0.25) is 4.90 Å². The summed E-state index contributed by atoms with van der Waals surface area (Å²) in [5.41, 5.74) is 16.5. The number of benzene rings is 2. The summed E-state index contributed by atoms with van der Waals surface area (Å²) < 4.78 is 0. The van der Waals surface area contributed by atoms with Crippen molar-refractivity contribution >= 4 is 28.4 Å². The van der Waals surface area contributed by atoms with Gasteiger partial charge in [0.2, 0.25) is 5.95 Å². The van der Waals surface area contributed by atoms with E-state index in [2.05, 4.69) is 57.0 Å². The van der Waals surface area contributed by atoms with Crippen LogP contribution in [-0.4, -0.2) is 41.0 Å². The van der Waals surface area contributed by atoms with Crippen molar-refractivity contribution in [2.24, 2.45) is 0 Å². The number of piperazine rings is 1. The van der Waals surface area contributed by atoms with Crippen molar-refractivity contribution in [2.75, 3.05) is 42.5 Å². The minimum absolute atomic E-state index is 0.218. The summed E-state index contributed by atoms with van der Waals surface area (Å²) in [5.74, 6) is 0.667. The van der Waals surface area contributed by atoms with Crippen molar-refractivity contribution in [1.29, 1.82) is 0 Å². The van der Waals surface area contributed by atoms with Gasteiger partial charge in [-0.2, -0.15) is 4.98 Å². The normalized spacial score (nSPS) is 15.5. The molecular formula is C20H24N6. The first kappa shape index (κ1) is 16.6. The fraction of sp³-hybridized carbons (Fsp3) is 0.300. The molecule has 2 heterocycles. The van der Waals surface area contributed by atoms with Gasteiger partial charge < -0.3 is 16.4 Å². The molecule has 1 saturated heterocycles. The van der Waals surface area contributed by atoms with Crippen LogP contribution in [0.4, 0.5) is 17.5 Å². The summed E-state index contributed by atoms with van der Waals surface area (Å²) in [6.45, 7) is 7.11. The fourth-order valence-electron chi connectivity index (χ4n) is 3.65. The van der Waals surface area contributed by atoms with E-state index in [9.17, 15) is 0 Å². The molecule has 1 aliphatic rings. The van der Waals surface area contributed by atoms with Crippen LogP contribution in [0.3, 0.4) is 0 Å². The van der Waals surface area contributed by atoms with Crippen LogP contribution >= 0.6 is 0 Å². The molecule has 0 saturated carbocycles. The van der Waals surface area contributed by atoms with Crippen LogP contribution in [0, 0.1) is 6.92 Å². The van der Waals surface area contributed by atoms with Crippen molar-refractivity contribution in [3.05, 3.63) is 53.6 Å². The molecule has 0 radical (unpaired) electrons. The molecule has 2 aromatic carbocycles. The molecule has 134 valence electrons. The summed E-state index contributed by atoms with van der Waals surface area (Å²) in [4.78, 5) is 13.3. The van der Waals surface area contributed by atoms with Gasteiger partial charge in [-0.25, -0.2) is 4.98 Å². The maximum Gasteiger partial charge on any atom is 0.222 e. The molecule has 6 heteroatoms. The predicted octanol–water partition coefficient (Wildman–Crippen LogP) is 2.42. The number of nitrogens with zero attached hydrogens (tertiary/aromatic N) is 4. The van der Waals surface area contributed by atoms with Crippen LogP contribution in [0.5, 0.6) is 0 Å². The minimum Gasteiger partial charge on any atom is -0.383 e. The predicted molar refractivity (Wildman–Crippen MR) is 107 cm³/mol. The van der Waals surface area contributed by atoms with Gasteiger partial charge >= 0.3 is 0 Å². The number of aryl methyl sites for hydroxylation is 1. The Morgan fingerprint density at radius 3 is 2.46 bits per heavy atom. The second-order valence-corrected chi connectivity index (χ2v) is 6.83. The zero-order valence-corrected chi connectivity index (χ0v) is 15.0. The highest BCUT2D eigenvalue weighted by atomic mass is 15.3. The van der Waals surface area contributed by atoms with Crippen molar-refractivity contribution in [1.82, 2.24) is 14.9 Å². The quantitative estimate of drug-likeness (QED) is 0.756. The average Bonchev–Trinajstić information content (AvgIpc) is 2.63. The number of anilines is 3.